The number of hydrazine groups is 1. The standard InChI is InChI=1S/C15H14FN3O3S/c16-10-3-5-11(6-4-10)23-9-7-13(20)18-19-15(22)12-2-1-8-17-14(12)21/h1-6,8H,7,9H2,(H,17,21)(H,18,20)(H,19,22). The number of pyridine rings is 1. The molecule has 0 atom stereocenters. The molecule has 0 unspecified atom stereocenters. The number of aromatic nitrogens is 1. The summed E-state index contributed by atoms with van der Waals surface area (Å²) in [5, 5.41) is 0. The number of benzene rings is 1. The van der Waals surface area contributed by atoms with E-state index in [2.05, 4.69) is 15.8 Å². The molecule has 2 aromatic rings. The van der Waals surface area contributed by atoms with Crippen LogP contribution < -0.4 is 16.4 Å². The van der Waals surface area contributed by atoms with E-state index < -0.39 is 11.5 Å². The molecule has 6 nitrogen and oxygen atoms in total. The van der Waals surface area contributed by atoms with Gasteiger partial charge in [-0.25, -0.2) is 4.39 Å². The molecule has 0 fully saturated rings. The van der Waals surface area contributed by atoms with Gasteiger partial charge in [-0.3, -0.25) is 25.2 Å². The molecule has 0 spiro atoms. The SMILES string of the molecule is O=C(CCSc1ccc(F)cc1)NNC(=O)c1ccc[nH]c1=O. The first-order chi connectivity index (χ1) is 11.1. The molecule has 0 aliphatic rings. The third-order valence-electron chi connectivity index (χ3n) is 2.79. The number of carbonyl (C=O) groups excluding carboxylic acids is 2. The number of thioether (sulfide) groups is 1. The van der Waals surface area contributed by atoms with Crippen LogP contribution in [0.15, 0.2) is 52.3 Å². The van der Waals surface area contributed by atoms with E-state index in [4.69, 9.17) is 0 Å². The quantitative estimate of drug-likeness (QED) is 0.570. The van der Waals surface area contributed by atoms with E-state index in [9.17, 15) is 18.8 Å². The van der Waals surface area contributed by atoms with Crippen molar-refractivity contribution < 1.29 is 14.0 Å². The lowest BCUT2D eigenvalue weighted by atomic mass is 10.3. The van der Waals surface area contributed by atoms with E-state index >= 15 is 0 Å². The Bertz CT molecular complexity index is 746. The van der Waals surface area contributed by atoms with Gasteiger partial charge in [0.1, 0.15) is 11.4 Å². The Morgan fingerprint density at radius 3 is 2.57 bits per heavy atom. The summed E-state index contributed by atoms with van der Waals surface area (Å²) in [6, 6.07) is 8.81. The molecule has 8 heteroatoms. The summed E-state index contributed by atoms with van der Waals surface area (Å²) in [6.07, 6.45) is 1.57. The van der Waals surface area contributed by atoms with E-state index in [1.807, 2.05) is 0 Å². The lowest BCUT2D eigenvalue weighted by Gasteiger charge is -2.07. The highest BCUT2D eigenvalue weighted by molar-refractivity contribution is 7.99. The summed E-state index contributed by atoms with van der Waals surface area (Å²) in [4.78, 5) is 37.9. The number of amides is 2. The number of rotatable bonds is 5. The Hall–Kier alpha value is -2.61. The van der Waals surface area contributed by atoms with Gasteiger partial charge in [-0.15, -0.1) is 11.8 Å². The number of H-pyrrole nitrogens is 1. The molecule has 23 heavy (non-hydrogen) atoms. The number of hydrogen-bond acceptors (Lipinski definition) is 4. The summed E-state index contributed by atoms with van der Waals surface area (Å²) in [5.74, 6) is -0.920. The average molecular weight is 335 g/mol. The first-order valence-corrected chi connectivity index (χ1v) is 7.70. The van der Waals surface area contributed by atoms with Crippen LogP contribution in [0.3, 0.4) is 0 Å². The summed E-state index contributed by atoms with van der Waals surface area (Å²) >= 11 is 1.40. The Balaban J connectivity index is 1.73. The maximum atomic E-state index is 12.7. The van der Waals surface area contributed by atoms with Gasteiger partial charge in [0.25, 0.3) is 11.5 Å². The van der Waals surface area contributed by atoms with Crippen molar-refractivity contribution in [3.8, 4) is 0 Å². The number of hydrogen-bond donors (Lipinski definition) is 3. The van der Waals surface area contributed by atoms with Crippen LogP contribution in [0, 0.1) is 5.82 Å². The zero-order valence-electron chi connectivity index (χ0n) is 12.0. The molecule has 0 aliphatic carbocycles. The van der Waals surface area contributed by atoms with Gasteiger partial charge < -0.3 is 4.98 Å². The summed E-state index contributed by atoms with van der Waals surface area (Å²) in [5.41, 5.74) is 3.79. The van der Waals surface area contributed by atoms with Crippen molar-refractivity contribution in [3.05, 3.63) is 64.3 Å². The Morgan fingerprint density at radius 1 is 1.13 bits per heavy atom. The van der Waals surface area contributed by atoms with Gasteiger partial charge in [-0.2, -0.15) is 0 Å². The molecule has 1 aromatic carbocycles. The molecule has 3 N–H and O–H groups in total. The van der Waals surface area contributed by atoms with Crippen LogP contribution in [0.1, 0.15) is 16.8 Å². The van der Waals surface area contributed by atoms with E-state index in [-0.39, 0.29) is 23.7 Å². The van der Waals surface area contributed by atoms with Gasteiger partial charge in [0.15, 0.2) is 0 Å². The second-order valence-electron chi connectivity index (χ2n) is 4.47. The number of carbonyl (C=O) groups is 2. The zero-order valence-corrected chi connectivity index (χ0v) is 12.8. The molecule has 0 aliphatic heterocycles. The molecule has 120 valence electrons. The van der Waals surface area contributed by atoms with Crippen molar-refractivity contribution in [1.29, 1.82) is 0 Å². The first kappa shape index (κ1) is 16.8. The van der Waals surface area contributed by atoms with Crippen LogP contribution in [-0.2, 0) is 4.79 Å². The van der Waals surface area contributed by atoms with Crippen molar-refractivity contribution in [1.82, 2.24) is 15.8 Å². The third-order valence-corrected chi connectivity index (χ3v) is 3.80. The van der Waals surface area contributed by atoms with Crippen molar-refractivity contribution >= 4 is 23.6 Å². The third kappa shape index (κ3) is 5.26. The Kier molecular flexibility index (Phi) is 5.93. The fraction of sp³-hybridized carbons (Fsp3) is 0.133. The molecule has 0 saturated heterocycles. The summed E-state index contributed by atoms with van der Waals surface area (Å²) in [7, 11) is 0. The summed E-state index contributed by atoms with van der Waals surface area (Å²) in [6.45, 7) is 0. The molecule has 0 radical (unpaired) electrons. The number of halogens is 1. The van der Waals surface area contributed by atoms with Crippen LogP contribution in [0.25, 0.3) is 0 Å². The smallest absolute Gasteiger partial charge is 0.275 e. The first-order valence-electron chi connectivity index (χ1n) is 6.71. The van der Waals surface area contributed by atoms with E-state index in [1.54, 1.807) is 12.1 Å². The minimum atomic E-state index is -0.689. The van der Waals surface area contributed by atoms with E-state index in [0.29, 0.717) is 5.75 Å². The Morgan fingerprint density at radius 2 is 1.87 bits per heavy atom. The van der Waals surface area contributed by atoms with E-state index in [0.717, 1.165) is 4.90 Å². The molecule has 2 amide bonds. The maximum absolute atomic E-state index is 12.7. The van der Waals surface area contributed by atoms with Gasteiger partial charge in [0.05, 0.1) is 0 Å². The number of aromatic amines is 1. The maximum Gasteiger partial charge on any atom is 0.275 e. The number of nitrogens with one attached hydrogen (secondary N) is 3. The van der Waals surface area contributed by atoms with Gasteiger partial charge in [0.2, 0.25) is 5.91 Å². The van der Waals surface area contributed by atoms with Crippen molar-refractivity contribution in [2.75, 3.05) is 5.75 Å². The van der Waals surface area contributed by atoms with Crippen molar-refractivity contribution in [3.63, 3.8) is 0 Å². The van der Waals surface area contributed by atoms with Crippen LogP contribution in [0.5, 0.6) is 0 Å². The highest BCUT2D eigenvalue weighted by Gasteiger charge is 2.10. The molecule has 2 rings (SSSR count). The predicted octanol–water partition coefficient (Wildman–Crippen LogP) is 1.46. The molecular formula is C15H14FN3O3S. The minimum absolute atomic E-state index is 0.0894. The lowest BCUT2D eigenvalue weighted by Crippen LogP contribution is -2.43. The molecular weight excluding hydrogens is 321 g/mol. The monoisotopic (exact) mass is 335 g/mol. The van der Waals surface area contributed by atoms with Gasteiger partial charge >= 0.3 is 0 Å². The van der Waals surface area contributed by atoms with Gasteiger partial charge in [-0.05, 0) is 36.4 Å². The topological polar surface area (TPSA) is 91.1 Å². The molecule has 1 heterocycles. The molecule has 0 saturated carbocycles. The van der Waals surface area contributed by atoms with Crippen molar-refractivity contribution in [2.24, 2.45) is 0 Å². The highest BCUT2D eigenvalue weighted by atomic mass is 32.2. The predicted molar refractivity (Wildman–Crippen MR) is 84.4 cm³/mol. The minimum Gasteiger partial charge on any atom is -0.328 e. The Labute approximate surface area is 135 Å². The zero-order chi connectivity index (χ0) is 16.7. The fourth-order valence-electron chi connectivity index (χ4n) is 1.65. The molecule has 0 bridgehead atoms. The van der Waals surface area contributed by atoms with E-state index in [1.165, 1.54) is 42.2 Å². The van der Waals surface area contributed by atoms with Crippen LogP contribution in [0.2, 0.25) is 0 Å². The van der Waals surface area contributed by atoms with Crippen LogP contribution in [-0.4, -0.2) is 22.6 Å². The normalized spacial score (nSPS) is 10.1. The van der Waals surface area contributed by atoms with Gasteiger partial charge in [0, 0.05) is 23.3 Å². The van der Waals surface area contributed by atoms with Crippen LogP contribution in [0.4, 0.5) is 4.39 Å². The largest absolute Gasteiger partial charge is 0.328 e. The second-order valence-corrected chi connectivity index (χ2v) is 5.64. The fourth-order valence-corrected chi connectivity index (χ4v) is 2.50. The second kappa shape index (κ2) is 8.14. The lowest BCUT2D eigenvalue weighted by molar-refractivity contribution is -0.121. The summed E-state index contributed by atoms with van der Waals surface area (Å²) < 4.78 is 12.7. The average Bonchev–Trinajstić information content (AvgIpc) is 2.55. The van der Waals surface area contributed by atoms with Crippen LogP contribution >= 0.6 is 11.8 Å². The van der Waals surface area contributed by atoms with Crippen molar-refractivity contribution in [2.45, 2.75) is 11.3 Å². The molecule has 1 aromatic heterocycles. The highest BCUT2D eigenvalue weighted by Crippen LogP contribution is 2.18. The van der Waals surface area contributed by atoms with Gasteiger partial charge in [-0.1, -0.05) is 0 Å².